The number of rotatable bonds is 4. The van der Waals surface area contributed by atoms with Crippen molar-refractivity contribution < 1.29 is 4.79 Å². The number of amides is 1. The van der Waals surface area contributed by atoms with Crippen molar-refractivity contribution in [1.82, 2.24) is 10.3 Å². The molecule has 0 aromatic carbocycles. The molecule has 0 radical (unpaired) electrons. The molecule has 0 fully saturated rings. The number of nitrogens with two attached hydrogens (primary N) is 1. The summed E-state index contributed by atoms with van der Waals surface area (Å²) in [4.78, 5) is 18.2. The van der Waals surface area contributed by atoms with Crippen LogP contribution in [0.2, 0.25) is 5.02 Å². The van der Waals surface area contributed by atoms with Gasteiger partial charge in [-0.1, -0.05) is 11.6 Å². The van der Waals surface area contributed by atoms with E-state index in [0.29, 0.717) is 22.9 Å². The van der Waals surface area contributed by atoms with Gasteiger partial charge in [0.2, 0.25) is 0 Å². The number of nitrogens with zero attached hydrogens (tertiary/aromatic N) is 1. The Balaban J connectivity index is 2.01. The maximum absolute atomic E-state index is 11.9. The van der Waals surface area contributed by atoms with Crippen molar-refractivity contribution in [2.75, 3.05) is 5.43 Å². The van der Waals surface area contributed by atoms with Crippen LogP contribution in [0.5, 0.6) is 0 Å². The summed E-state index contributed by atoms with van der Waals surface area (Å²) in [6.07, 6.45) is 1.43. The van der Waals surface area contributed by atoms with Gasteiger partial charge in [0.15, 0.2) is 5.82 Å². The molecule has 0 saturated carbocycles. The molecular weight excluding hydrogens is 284 g/mol. The molecule has 0 saturated heterocycles. The number of nitrogens with one attached hydrogen (secondary N) is 2. The van der Waals surface area contributed by atoms with Gasteiger partial charge in [-0.15, -0.1) is 11.3 Å². The first-order chi connectivity index (χ1) is 9.10. The van der Waals surface area contributed by atoms with Gasteiger partial charge in [-0.2, -0.15) is 0 Å². The van der Waals surface area contributed by atoms with E-state index in [9.17, 15) is 4.79 Å². The Morgan fingerprint density at radius 3 is 2.89 bits per heavy atom. The second-order valence-corrected chi connectivity index (χ2v) is 5.67. The molecule has 19 heavy (non-hydrogen) atoms. The second-order valence-electron chi connectivity index (χ2n) is 3.89. The monoisotopic (exact) mass is 296 g/mol. The van der Waals surface area contributed by atoms with Gasteiger partial charge in [-0.3, -0.25) is 4.79 Å². The maximum Gasteiger partial charge on any atom is 0.253 e. The van der Waals surface area contributed by atoms with Crippen LogP contribution in [0.1, 0.15) is 20.1 Å². The second kappa shape index (κ2) is 6.01. The third-order valence-corrected chi connectivity index (χ3v) is 3.75. The lowest BCUT2D eigenvalue weighted by Crippen LogP contribution is -2.22. The largest absolute Gasteiger partial charge is 0.347 e. The van der Waals surface area contributed by atoms with Gasteiger partial charge in [0, 0.05) is 16.0 Å². The molecule has 0 atom stereocenters. The lowest BCUT2D eigenvalue weighted by Gasteiger charge is -2.06. The number of carbonyl (C=O) groups excluding carboxylic acids is 1. The first kappa shape index (κ1) is 13.8. The minimum Gasteiger partial charge on any atom is -0.347 e. The number of halogens is 1. The van der Waals surface area contributed by atoms with E-state index < -0.39 is 0 Å². The zero-order valence-electron chi connectivity index (χ0n) is 10.2. The molecule has 0 aliphatic rings. The summed E-state index contributed by atoms with van der Waals surface area (Å²) in [6, 6.07) is 5.54. The van der Waals surface area contributed by atoms with Crippen molar-refractivity contribution in [2.24, 2.45) is 5.84 Å². The third-order valence-electron chi connectivity index (χ3n) is 2.46. The highest BCUT2D eigenvalue weighted by Gasteiger charge is 2.09. The highest BCUT2D eigenvalue weighted by Crippen LogP contribution is 2.19. The number of thiophene rings is 1. The number of hydrogen-bond donors (Lipinski definition) is 3. The van der Waals surface area contributed by atoms with Crippen molar-refractivity contribution in [1.29, 1.82) is 0 Å². The smallest absolute Gasteiger partial charge is 0.253 e. The van der Waals surface area contributed by atoms with E-state index in [1.54, 1.807) is 11.3 Å². The summed E-state index contributed by atoms with van der Waals surface area (Å²) in [6.45, 7) is 2.52. The van der Waals surface area contributed by atoms with Gasteiger partial charge >= 0.3 is 0 Å². The Morgan fingerprint density at radius 1 is 1.53 bits per heavy atom. The fourth-order valence-corrected chi connectivity index (χ4v) is 2.57. The topological polar surface area (TPSA) is 80.0 Å². The first-order valence-electron chi connectivity index (χ1n) is 5.56. The molecule has 0 unspecified atom stereocenters. The van der Waals surface area contributed by atoms with E-state index in [4.69, 9.17) is 17.4 Å². The van der Waals surface area contributed by atoms with Crippen LogP contribution < -0.4 is 16.6 Å². The molecule has 7 heteroatoms. The molecule has 0 bridgehead atoms. The zero-order valence-corrected chi connectivity index (χ0v) is 11.8. The van der Waals surface area contributed by atoms with Gasteiger partial charge in [-0.25, -0.2) is 10.8 Å². The van der Waals surface area contributed by atoms with E-state index in [1.165, 1.54) is 17.1 Å². The molecule has 0 aliphatic carbocycles. The van der Waals surface area contributed by atoms with Crippen LogP contribution in [-0.4, -0.2) is 10.9 Å². The molecule has 2 heterocycles. The van der Waals surface area contributed by atoms with Gasteiger partial charge in [0.25, 0.3) is 5.91 Å². The Hall–Kier alpha value is -1.63. The number of pyridine rings is 1. The average molecular weight is 297 g/mol. The van der Waals surface area contributed by atoms with Crippen LogP contribution in [0.4, 0.5) is 5.82 Å². The van der Waals surface area contributed by atoms with Crippen molar-refractivity contribution in [3.05, 3.63) is 44.7 Å². The fraction of sp³-hybridized carbons (Fsp3) is 0.167. The quantitative estimate of drug-likeness (QED) is 0.597. The Kier molecular flexibility index (Phi) is 4.36. The standard InChI is InChI=1S/C12H13ClN4OS/c1-7-2-3-9(19-7)6-16-12(18)8-4-10(13)11(17-14)15-5-8/h2-5H,6,14H2,1H3,(H,15,17)(H,16,18). The molecule has 4 N–H and O–H groups in total. The van der Waals surface area contributed by atoms with Crippen LogP contribution in [0, 0.1) is 6.92 Å². The zero-order chi connectivity index (χ0) is 13.8. The number of carbonyl (C=O) groups is 1. The highest BCUT2D eigenvalue weighted by molar-refractivity contribution is 7.11. The molecule has 0 spiro atoms. The molecule has 5 nitrogen and oxygen atoms in total. The van der Waals surface area contributed by atoms with Crippen LogP contribution in [-0.2, 0) is 6.54 Å². The van der Waals surface area contributed by atoms with Gasteiger partial charge in [0.1, 0.15) is 0 Å². The van der Waals surface area contributed by atoms with Crippen molar-refractivity contribution in [3.8, 4) is 0 Å². The summed E-state index contributed by atoms with van der Waals surface area (Å²) >= 11 is 7.56. The SMILES string of the molecule is Cc1ccc(CNC(=O)c2cnc(NN)c(Cl)c2)s1. The van der Waals surface area contributed by atoms with E-state index in [1.807, 2.05) is 19.1 Å². The maximum atomic E-state index is 11.9. The predicted molar refractivity (Wildman–Crippen MR) is 77.3 cm³/mol. The third kappa shape index (κ3) is 3.44. The Labute approximate surface area is 119 Å². The van der Waals surface area contributed by atoms with Crippen molar-refractivity contribution in [3.63, 3.8) is 0 Å². The summed E-state index contributed by atoms with van der Waals surface area (Å²) in [5.74, 6) is 5.34. The lowest BCUT2D eigenvalue weighted by molar-refractivity contribution is 0.0951. The molecule has 0 aliphatic heterocycles. The van der Waals surface area contributed by atoms with E-state index in [0.717, 1.165) is 4.88 Å². The summed E-state index contributed by atoms with van der Waals surface area (Å²) in [7, 11) is 0. The minimum atomic E-state index is -0.218. The van der Waals surface area contributed by atoms with Crippen LogP contribution in [0.3, 0.4) is 0 Å². The summed E-state index contributed by atoms with van der Waals surface area (Å²) in [5.41, 5.74) is 2.75. The molecule has 2 rings (SSSR count). The van der Waals surface area contributed by atoms with E-state index in [2.05, 4.69) is 15.7 Å². The number of anilines is 1. The van der Waals surface area contributed by atoms with Gasteiger partial charge in [-0.05, 0) is 25.1 Å². The molecular formula is C12H13ClN4OS. The fourth-order valence-electron chi connectivity index (χ4n) is 1.52. The number of aromatic nitrogens is 1. The van der Waals surface area contributed by atoms with E-state index >= 15 is 0 Å². The highest BCUT2D eigenvalue weighted by atomic mass is 35.5. The molecule has 2 aromatic rings. The number of nitrogen functional groups attached to an aromatic ring is 1. The van der Waals surface area contributed by atoms with Crippen molar-refractivity contribution >= 4 is 34.7 Å². The van der Waals surface area contributed by atoms with Crippen LogP contribution in [0.15, 0.2) is 24.4 Å². The lowest BCUT2D eigenvalue weighted by atomic mass is 10.2. The molecule has 1 amide bonds. The predicted octanol–water partition coefficient (Wildman–Crippen LogP) is 2.32. The number of hydrazine groups is 1. The summed E-state index contributed by atoms with van der Waals surface area (Å²) < 4.78 is 0. The number of hydrogen-bond acceptors (Lipinski definition) is 5. The Bertz CT molecular complexity index is 599. The first-order valence-corrected chi connectivity index (χ1v) is 6.75. The van der Waals surface area contributed by atoms with Crippen molar-refractivity contribution in [2.45, 2.75) is 13.5 Å². The molecule has 2 aromatic heterocycles. The van der Waals surface area contributed by atoms with Gasteiger partial charge < -0.3 is 10.7 Å². The van der Waals surface area contributed by atoms with Crippen LogP contribution >= 0.6 is 22.9 Å². The minimum absolute atomic E-state index is 0.218. The molecule has 100 valence electrons. The summed E-state index contributed by atoms with van der Waals surface area (Å²) in [5, 5.41) is 3.12. The normalized spacial score (nSPS) is 10.3. The van der Waals surface area contributed by atoms with Crippen LogP contribution in [0.25, 0.3) is 0 Å². The number of aryl methyl sites for hydroxylation is 1. The van der Waals surface area contributed by atoms with E-state index in [-0.39, 0.29) is 5.91 Å². The van der Waals surface area contributed by atoms with Gasteiger partial charge in [0.05, 0.1) is 17.1 Å². The average Bonchev–Trinajstić information content (AvgIpc) is 2.81. The Morgan fingerprint density at radius 2 is 2.32 bits per heavy atom.